The average molecular weight is 314 g/mol. The predicted molar refractivity (Wildman–Crippen MR) is 77.6 cm³/mol. The van der Waals surface area contributed by atoms with E-state index in [1.807, 2.05) is 49.9 Å². The highest BCUT2D eigenvalue weighted by Gasteiger charge is 2.13. The van der Waals surface area contributed by atoms with Gasteiger partial charge in [0.2, 0.25) is 0 Å². The Morgan fingerprint density at radius 3 is 2.39 bits per heavy atom. The molecule has 0 fully saturated rings. The van der Waals surface area contributed by atoms with Gasteiger partial charge in [-0.2, -0.15) is 0 Å². The second-order valence-corrected chi connectivity index (χ2v) is 5.06. The van der Waals surface area contributed by atoms with Crippen LogP contribution in [0.15, 0.2) is 24.3 Å². The van der Waals surface area contributed by atoms with Gasteiger partial charge >= 0.3 is 0 Å². The molecule has 0 saturated heterocycles. The topological polar surface area (TPSA) is 29.5 Å². The Labute approximate surface area is 117 Å². The number of hydrogen-bond donors (Lipinski definition) is 0. The Kier molecular flexibility index (Phi) is 6.19. The van der Waals surface area contributed by atoms with E-state index in [-0.39, 0.29) is 12.0 Å². The normalized spacial score (nSPS) is 10.5. The summed E-state index contributed by atoms with van der Waals surface area (Å²) in [4.78, 5) is 14.0. The Morgan fingerprint density at radius 1 is 1.33 bits per heavy atom. The van der Waals surface area contributed by atoms with Crippen LogP contribution < -0.4 is 4.74 Å². The van der Waals surface area contributed by atoms with Crippen molar-refractivity contribution in [1.29, 1.82) is 0 Å². The highest BCUT2D eigenvalue weighted by molar-refractivity contribution is 9.09. The van der Waals surface area contributed by atoms with Crippen molar-refractivity contribution in [2.75, 3.05) is 18.4 Å². The number of hydrogen-bond acceptors (Lipinski definition) is 2. The van der Waals surface area contributed by atoms with Gasteiger partial charge in [-0.05, 0) is 45.0 Å². The second kappa shape index (κ2) is 7.41. The first-order chi connectivity index (χ1) is 8.58. The standard InChI is InChI=1S/C14H20BrNO2/c1-4-16(10-9-15)14(17)12-5-7-13(8-6-12)18-11(2)3/h5-8,11H,4,9-10H2,1-3H3. The summed E-state index contributed by atoms with van der Waals surface area (Å²) >= 11 is 3.36. The Morgan fingerprint density at radius 2 is 1.94 bits per heavy atom. The molecule has 0 unspecified atom stereocenters. The third kappa shape index (κ3) is 4.33. The van der Waals surface area contributed by atoms with E-state index in [0.29, 0.717) is 12.1 Å². The van der Waals surface area contributed by atoms with Gasteiger partial charge in [-0.25, -0.2) is 0 Å². The fourth-order valence-corrected chi connectivity index (χ4v) is 2.06. The minimum Gasteiger partial charge on any atom is -0.491 e. The lowest BCUT2D eigenvalue weighted by Gasteiger charge is -2.19. The summed E-state index contributed by atoms with van der Waals surface area (Å²) in [5.74, 6) is 0.859. The van der Waals surface area contributed by atoms with Gasteiger partial charge < -0.3 is 9.64 Å². The SMILES string of the molecule is CCN(CCBr)C(=O)c1ccc(OC(C)C)cc1. The van der Waals surface area contributed by atoms with Gasteiger partial charge in [-0.3, -0.25) is 4.79 Å². The quantitative estimate of drug-likeness (QED) is 0.754. The van der Waals surface area contributed by atoms with Crippen molar-refractivity contribution < 1.29 is 9.53 Å². The number of carbonyl (C=O) groups excluding carboxylic acids is 1. The summed E-state index contributed by atoms with van der Waals surface area (Å²) in [7, 11) is 0. The van der Waals surface area contributed by atoms with Crippen molar-refractivity contribution in [1.82, 2.24) is 4.90 Å². The van der Waals surface area contributed by atoms with Crippen LogP contribution in [0, 0.1) is 0 Å². The lowest BCUT2D eigenvalue weighted by Crippen LogP contribution is -2.32. The van der Waals surface area contributed by atoms with Crippen LogP contribution in [0.4, 0.5) is 0 Å². The Hall–Kier alpha value is -1.03. The molecule has 1 aromatic rings. The molecule has 0 aliphatic heterocycles. The van der Waals surface area contributed by atoms with E-state index in [4.69, 9.17) is 4.74 Å². The summed E-state index contributed by atoms with van der Waals surface area (Å²) in [6, 6.07) is 7.32. The van der Waals surface area contributed by atoms with Crippen LogP contribution >= 0.6 is 15.9 Å². The number of nitrogens with zero attached hydrogens (tertiary/aromatic N) is 1. The van der Waals surface area contributed by atoms with Gasteiger partial charge in [0.25, 0.3) is 5.91 Å². The van der Waals surface area contributed by atoms with Crippen molar-refractivity contribution in [3.05, 3.63) is 29.8 Å². The molecule has 1 rings (SSSR count). The summed E-state index contributed by atoms with van der Waals surface area (Å²) in [6.45, 7) is 7.38. The molecule has 0 saturated carbocycles. The van der Waals surface area contributed by atoms with Gasteiger partial charge in [-0.15, -0.1) is 0 Å². The van der Waals surface area contributed by atoms with E-state index in [2.05, 4.69) is 15.9 Å². The minimum absolute atomic E-state index is 0.0630. The van der Waals surface area contributed by atoms with Gasteiger partial charge in [-0.1, -0.05) is 15.9 Å². The average Bonchev–Trinajstić information content (AvgIpc) is 2.35. The molecule has 0 spiro atoms. The second-order valence-electron chi connectivity index (χ2n) is 4.26. The van der Waals surface area contributed by atoms with Crippen molar-refractivity contribution in [3.8, 4) is 5.75 Å². The summed E-state index contributed by atoms with van der Waals surface area (Å²) < 4.78 is 5.55. The minimum atomic E-state index is 0.0630. The first kappa shape index (κ1) is 15.0. The number of amides is 1. The Balaban J connectivity index is 2.74. The number of rotatable bonds is 6. The summed E-state index contributed by atoms with van der Waals surface area (Å²) in [6.07, 6.45) is 0.145. The maximum Gasteiger partial charge on any atom is 0.253 e. The molecule has 0 radical (unpaired) electrons. The fraction of sp³-hybridized carbons (Fsp3) is 0.500. The first-order valence-electron chi connectivity index (χ1n) is 6.20. The zero-order valence-corrected chi connectivity index (χ0v) is 12.7. The molecule has 4 heteroatoms. The number of carbonyl (C=O) groups is 1. The van der Waals surface area contributed by atoms with E-state index >= 15 is 0 Å². The van der Waals surface area contributed by atoms with Crippen LogP contribution in [0.25, 0.3) is 0 Å². The zero-order chi connectivity index (χ0) is 13.5. The maximum atomic E-state index is 12.2. The van der Waals surface area contributed by atoms with Gasteiger partial charge in [0.1, 0.15) is 5.75 Å². The van der Waals surface area contributed by atoms with Crippen molar-refractivity contribution in [3.63, 3.8) is 0 Å². The molecular formula is C14H20BrNO2. The first-order valence-corrected chi connectivity index (χ1v) is 7.32. The molecule has 1 aromatic carbocycles. The number of benzene rings is 1. The monoisotopic (exact) mass is 313 g/mol. The molecule has 0 aliphatic carbocycles. The third-order valence-electron chi connectivity index (χ3n) is 2.50. The van der Waals surface area contributed by atoms with Gasteiger partial charge in [0, 0.05) is 24.0 Å². The molecule has 0 aliphatic rings. The third-order valence-corrected chi connectivity index (χ3v) is 2.85. The largest absolute Gasteiger partial charge is 0.491 e. The molecule has 0 N–H and O–H groups in total. The van der Waals surface area contributed by atoms with E-state index in [0.717, 1.165) is 17.6 Å². The number of ether oxygens (including phenoxy) is 1. The summed E-state index contributed by atoms with van der Waals surface area (Å²) in [5, 5.41) is 0.793. The van der Waals surface area contributed by atoms with Crippen LogP contribution in [0.2, 0.25) is 0 Å². The molecule has 1 amide bonds. The Bertz CT molecular complexity index is 376. The van der Waals surface area contributed by atoms with Gasteiger partial charge in [0.15, 0.2) is 0 Å². The summed E-state index contributed by atoms with van der Waals surface area (Å²) in [5.41, 5.74) is 0.703. The maximum absolute atomic E-state index is 12.2. The molecule has 3 nitrogen and oxygen atoms in total. The molecule has 0 atom stereocenters. The molecule has 100 valence electrons. The smallest absolute Gasteiger partial charge is 0.253 e. The van der Waals surface area contributed by atoms with Crippen LogP contribution in [0.5, 0.6) is 5.75 Å². The van der Waals surface area contributed by atoms with Crippen LogP contribution in [-0.4, -0.2) is 35.3 Å². The van der Waals surface area contributed by atoms with Crippen LogP contribution in [0.1, 0.15) is 31.1 Å². The van der Waals surface area contributed by atoms with Crippen molar-refractivity contribution in [2.24, 2.45) is 0 Å². The van der Waals surface area contributed by atoms with Gasteiger partial charge in [0.05, 0.1) is 6.10 Å². The van der Waals surface area contributed by atoms with Crippen molar-refractivity contribution >= 4 is 21.8 Å². The molecule has 0 heterocycles. The number of alkyl halides is 1. The highest BCUT2D eigenvalue weighted by Crippen LogP contribution is 2.15. The number of halogens is 1. The molecular weight excluding hydrogens is 294 g/mol. The lowest BCUT2D eigenvalue weighted by molar-refractivity contribution is 0.0775. The van der Waals surface area contributed by atoms with E-state index in [1.165, 1.54) is 0 Å². The highest BCUT2D eigenvalue weighted by atomic mass is 79.9. The van der Waals surface area contributed by atoms with Crippen molar-refractivity contribution in [2.45, 2.75) is 26.9 Å². The molecule has 18 heavy (non-hydrogen) atoms. The van der Waals surface area contributed by atoms with Crippen LogP contribution in [-0.2, 0) is 0 Å². The zero-order valence-electron chi connectivity index (χ0n) is 11.1. The van der Waals surface area contributed by atoms with E-state index in [9.17, 15) is 4.79 Å². The molecule has 0 bridgehead atoms. The molecule has 0 aromatic heterocycles. The fourth-order valence-electron chi connectivity index (χ4n) is 1.64. The van der Waals surface area contributed by atoms with E-state index in [1.54, 1.807) is 0 Å². The predicted octanol–water partition coefficient (Wildman–Crippen LogP) is 3.33. The lowest BCUT2D eigenvalue weighted by atomic mass is 10.2. The van der Waals surface area contributed by atoms with E-state index < -0.39 is 0 Å². The van der Waals surface area contributed by atoms with Crippen LogP contribution in [0.3, 0.4) is 0 Å².